The zero-order valence-electron chi connectivity index (χ0n) is 21.0. The number of hydrogen-bond donors (Lipinski definition) is 1. The molecular formula is C30H30Cl2FN3O2. The fraction of sp³-hybridized carbons (Fsp3) is 0.300. The van der Waals surface area contributed by atoms with Gasteiger partial charge in [0.25, 0.3) is 0 Å². The van der Waals surface area contributed by atoms with Gasteiger partial charge in [-0.25, -0.2) is 4.39 Å². The number of fused-ring (bicyclic) bond motifs is 1. The molecule has 0 saturated carbocycles. The molecule has 8 heteroatoms. The van der Waals surface area contributed by atoms with E-state index in [1.165, 1.54) is 12.1 Å². The highest BCUT2D eigenvalue weighted by atomic mass is 35.5. The van der Waals surface area contributed by atoms with E-state index in [1.807, 2.05) is 24.3 Å². The lowest BCUT2D eigenvalue weighted by Crippen LogP contribution is -2.41. The van der Waals surface area contributed by atoms with Crippen LogP contribution in [0.5, 0.6) is 0 Å². The highest BCUT2D eigenvalue weighted by Gasteiger charge is 2.24. The van der Waals surface area contributed by atoms with Crippen molar-refractivity contribution < 1.29 is 13.9 Å². The second kappa shape index (κ2) is 12.3. The molecule has 1 atom stereocenters. The van der Waals surface area contributed by atoms with Crippen LogP contribution >= 0.6 is 23.2 Å². The molecule has 38 heavy (non-hydrogen) atoms. The molecule has 1 aliphatic heterocycles. The number of carbonyl (C=O) groups is 1. The highest BCUT2D eigenvalue weighted by molar-refractivity contribution is 6.42. The maximum atomic E-state index is 13.5. The lowest BCUT2D eigenvalue weighted by atomic mass is 9.88. The van der Waals surface area contributed by atoms with Crippen LogP contribution < -0.4 is 5.32 Å². The Balaban J connectivity index is 1.43. The minimum Gasteiger partial charge on any atom is -0.379 e. The summed E-state index contributed by atoms with van der Waals surface area (Å²) in [5.74, 6) is -0.511. The molecule has 3 aromatic carbocycles. The van der Waals surface area contributed by atoms with Gasteiger partial charge in [0.05, 0.1) is 23.3 Å². The number of amides is 1. The van der Waals surface area contributed by atoms with E-state index in [1.54, 1.807) is 18.2 Å². The molecular weight excluding hydrogens is 524 g/mol. The van der Waals surface area contributed by atoms with Gasteiger partial charge in [0.2, 0.25) is 5.91 Å². The number of nitrogens with zero attached hydrogens (tertiary/aromatic N) is 2. The number of nitrogens with one attached hydrogen (secondary N) is 1. The van der Waals surface area contributed by atoms with Gasteiger partial charge in [-0.05, 0) is 47.0 Å². The van der Waals surface area contributed by atoms with Crippen LogP contribution in [-0.4, -0.2) is 54.8 Å². The van der Waals surface area contributed by atoms with Crippen LogP contribution in [0.1, 0.15) is 29.0 Å². The van der Waals surface area contributed by atoms with Crippen LogP contribution in [0, 0.1) is 5.82 Å². The molecule has 1 fully saturated rings. The molecule has 2 heterocycles. The van der Waals surface area contributed by atoms with Gasteiger partial charge in [0.15, 0.2) is 0 Å². The van der Waals surface area contributed by atoms with Gasteiger partial charge in [0, 0.05) is 62.2 Å². The number of halogens is 3. The topological polar surface area (TPSA) is 46.5 Å². The van der Waals surface area contributed by atoms with Gasteiger partial charge in [-0.3, -0.25) is 9.69 Å². The summed E-state index contributed by atoms with van der Waals surface area (Å²) in [5, 5.41) is 5.10. The lowest BCUT2D eigenvalue weighted by Gasteiger charge is -2.26. The van der Waals surface area contributed by atoms with E-state index in [-0.39, 0.29) is 24.1 Å². The number of hydrogen-bond acceptors (Lipinski definition) is 3. The Morgan fingerprint density at radius 1 is 1.00 bits per heavy atom. The van der Waals surface area contributed by atoms with Crippen LogP contribution in [0.15, 0.2) is 72.9 Å². The molecule has 1 N–H and O–H groups in total. The van der Waals surface area contributed by atoms with Crippen LogP contribution in [-0.2, 0) is 16.1 Å². The first-order valence-corrected chi connectivity index (χ1v) is 13.6. The molecule has 1 saturated heterocycles. The summed E-state index contributed by atoms with van der Waals surface area (Å²) in [5.41, 5.74) is 3.99. The third kappa shape index (κ3) is 6.38. The van der Waals surface area contributed by atoms with Crippen molar-refractivity contribution in [3.8, 4) is 0 Å². The number of rotatable bonds is 9. The van der Waals surface area contributed by atoms with Gasteiger partial charge < -0.3 is 14.6 Å². The number of para-hydroxylation sites is 1. The van der Waals surface area contributed by atoms with Gasteiger partial charge in [-0.2, -0.15) is 0 Å². The van der Waals surface area contributed by atoms with Crippen LogP contribution in [0.4, 0.5) is 4.39 Å². The summed E-state index contributed by atoms with van der Waals surface area (Å²) in [4.78, 5) is 15.5. The fourth-order valence-electron chi connectivity index (χ4n) is 5.04. The van der Waals surface area contributed by atoms with Crippen LogP contribution in [0.3, 0.4) is 0 Å². The number of aromatic nitrogens is 1. The molecule has 4 aromatic rings. The Morgan fingerprint density at radius 3 is 2.53 bits per heavy atom. The van der Waals surface area contributed by atoms with Crippen molar-refractivity contribution in [2.75, 3.05) is 39.4 Å². The Morgan fingerprint density at radius 2 is 1.76 bits per heavy atom. The summed E-state index contributed by atoms with van der Waals surface area (Å²) in [6, 6.07) is 20.2. The van der Waals surface area contributed by atoms with Crippen molar-refractivity contribution in [3.63, 3.8) is 0 Å². The number of carbonyl (C=O) groups excluding carboxylic acids is 1. The smallest absolute Gasteiger partial charge is 0.220 e. The number of benzene rings is 3. The largest absolute Gasteiger partial charge is 0.379 e. The van der Waals surface area contributed by atoms with Crippen LogP contribution in [0.2, 0.25) is 10.0 Å². The standard InChI is InChI=1S/C30H30Cl2FN3O2/c31-27-10-7-22(17-28(27)32)25(18-30(37)34-11-12-35-13-15-38-16-14-35)26-20-36(29-4-2-1-3-24(26)29)19-21-5-8-23(33)9-6-21/h1-10,17,20,25H,11-16,18-19H2,(H,34,37). The molecule has 1 unspecified atom stereocenters. The predicted octanol–water partition coefficient (Wildman–Crippen LogP) is 6.11. The Labute approximate surface area is 232 Å². The molecule has 0 aliphatic carbocycles. The van der Waals surface area contributed by atoms with E-state index in [4.69, 9.17) is 27.9 Å². The summed E-state index contributed by atoms with van der Waals surface area (Å²) < 4.78 is 21.0. The minimum atomic E-state index is -0.258. The van der Waals surface area contributed by atoms with E-state index >= 15 is 0 Å². The van der Waals surface area contributed by atoms with Gasteiger partial charge in [0.1, 0.15) is 5.82 Å². The van der Waals surface area contributed by atoms with Gasteiger partial charge >= 0.3 is 0 Å². The maximum absolute atomic E-state index is 13.5. The van der Waals surface area contributed by atoms with Gasteiger partial charge in [-0.15, -0.1) is 0 Å². The average Bonchev–Trinajstić information content (AvgIpc) is 3.29. The summed E-state index contributed by atoms with van der Waals surface area (Å²) in [6.45, 7) is 5.19. The summed E-state index contributed by atoms with van der Waals surface area (Å²) in [7, 11) is 0. The average molecular weight is 554 g/mol. The Hall–Kier alpha value is -2.90. The normalized spacial score (nSPS) is 15.0. The fourth-order valence-corrected chi connectivity index (χ4v) is 5.35. The first-order valence-electron chi connectivity index (χ1n) is 12.8. The second-order valence-electron chi connectivity index (χ2n) is 9.59. The summed E-state index contributed by atoms with van der Waals surface area (Å²) >= 11 is 12.6. The molecule has 1 amide bonds. The monoisotopic (exact) mass is 553 g/mol. The second-order valence-corrected chi connectivity index (χ2v) is 10.4. The maximum Gasteiger partial charge on any atom is 0.220 e. The van der Waals surface area contributed by atoms with E-state index in [0.717, 1.165) is 60.4 Å². The van der Waals surface area contributed by atoms with E-state index in [0.29, 0.717) is 23.1 Å². The first kappa shape index (κ1) is 26.7. The van der Waals surface area contributed by atoms with Crippen LogP contribution in [0.25, 0.3) is 10.9 Å². The van der Waals surface area contributed by atoms with E-state index in [2.05, 4.69) is 33.1 Å². The van der Waals surface area contributed by atoms with Crippen molar-refractivity contribution in [1.29, 1.82) is 0 Å². The van der Waals surface area contributed by atoms with Gasteiger partial charge in [-0.1, -0.05) is 59.6 Å². The molecule has 5 rings (SSSR count). The molecule has 0 bridgehead atoms. The molecule has 1 aliphatic rings. The van der Waals surface area contributed by atoms with E-state index in [9.17, 15) is 9.18 Å². The highest BCUT2D eigenvalue weighted by Crippen LogP contribution is 2.37. The SMILES string of the molecule is O=C(CC(c1ccc(Cl)c(Cl)c1)c1cn(Cc2ccc(F)cc2)c2ccccc12)NCCN1CCOCC1. The molecule has 0 radical (unpaired) electrons. The summed E-state index contributed by atoms with van der Waals surface area (Å²) in [6.07, 6.45) is 2.37. The predicted molar refractivity (Wildman–Crippen MR) is 151 cm³/mol. The molecule has 198 valence electrons. The third-order valence-electron chi connectivity index (χ3n) is 7.05. The molecule has 0 spiro atoms. The quantitative estimate of drug-likeness (QED) is 0.272. The zero-order chi connectivity index (χ0) is 26.5. The van der Waals surface area contributed by atoms with Crippen molar-refractivity contribution in [2.24, 2.45) is 0 Å². The zero-order valence-corrected chi connectivity index (χ0v) is 22.5. The van der Waals surface area contributed by atoms with Crippen molar-refractivity contribution >= 4 is 40.0 Å². The minimum absolute atomic E-state index is 0.0234. The lowest BCUT2D eigenvalue weighted by molar-refractivity contribution is -0.121. The Kier molecular flexibility index (Phi) is 8.65. The van der Waals surface area contributed by atoms with Crippen molar-refractivity contribution in [1.82, 2.24) is 14.8 Å². The number of morpholine rings is 1. The first-order chi connectivity index (χ1) is 18.5. The molecule has 5 nitrogen and oxygen atoms in total. The third-order valence-corrected chi connectivity index (χ3v) is 7.79. The molecule has 1 aromatic heterocycles. The number of ether oxygens (including phenoxy) is 1. The van der Waals surface area contributed by atoms with Crippen molar-refractivity contribution in [2.45, 2.75) is 18.9 Å². The Bertz CT molecular complexity index is 1400. The van der Waals surface area contributed by atoms with Crippen molar-refractivity contribution in [3.05, 3.63) is 105 Å². The van der Waals surface area contributed by atoms with E-state index < -0.39 is 0 Å².